The predicted molar refractivity (Wildman–Crippen MR) is 62.2 cm³/mol. The number of halogens is 1. The summed E-state index contributed by atoms with van der Waals surface area (Å²) >= 11 is 10.9. The molecule has 0 spiro atoms. The predicted octanol–water partition coefficient (Wildman–Crippen LogP) is 2.55. The summed E-state index contributed by atoms with van der Waals surface area (Å²) in [7, 11) is 0. The van der Waals surface area contributed by atoms with Crippen molar-refractivity contribution in [1.29, 1.82) is 0 Å². The lowest BCUT2D eigenvalue weighted by Gasteiger charge is -2.05. The van der Waals surface area contributed by atoms with E-state index in [1.165, 1.54) is 6.07 Å². The van der Waals surface area contributed by atoms with Crippen LogP contribution in [0.2, 0.25) is 5.02 Å². The molecule has 1 aromatic heterocycles. The Labute approximate surface area is 96.0 Å². The molecular formula is C10H7ClN2OS. The number of nitrogens with zero attached hydrogens (tertiary/aromatic N) is 1. The Hall–Kier alpha value is -1.39. The normalized spacial score (nSPS) is 10.2. The molecule has 1 heterocycles. The van der Waals surface area contributed by atoms with Crippen LogP contribution in [-0.4, -0.2) is 9.55 Å². The van der Waals surface area contributed by atoms with E-state index in [-0.39, 0.29) is 5.56 Å². The third-order valence-corrected chi connectivity index (χ3v) is 2.44. The monoisotopic (exact) mass is 238 g/mol. The Balaban J connectivity index is 2.64. The number of aromatic nitrogens is 2. The van der Waals surface area contributed by atoms with Crippen LogP contribution >= 0.6 is 23.8 Å². The largest absolute Gasteiger partial charge is 0.299 e. The van der Waals surface area contributed by atoms with E-state index in [0.29, 0.717) is 9.79 Å². The highest BCUT2D eigenvalue weighted by atomic mass is 35.5. The lowest BCUT2D eigenvalue weighted by atomic mass is 10.3. The van der Waals surface area contributed by atoms with Crippen molar-refractivity contribution in [3.05, 3.63) is 56.7 Å². The number of H-pyrrole nitrogens is 1. The zero-order valence-electron chi connectivity index (χ0n) is 7.61. The molecule has 0 atom stereocenters. The topological polar surface area (TPSA) is 37.8 Å². The van der Waals surface area contributed by atoms with Crippen molar-refractivity contribution in [3.63, 3.8) is 0 Å². The molecule has 0 amide bonds. The van der Waals surface area contributed by atoms with Gasteiger partial charge in [-0.05, 0) is 30.4 Å². The van der Waals surface area contributed by atoms with Crippen molar-refractivity contribution in [2.75, 3.05) is 0 Å². The van der Waals surface area contributed by atoms with Crippen molar-refractivity contribution in [2.24, 2.45) is 0 Å². The second-order valence-corrected chi connectivity index (χ2v) is 3.78. The SMILES string of the molecule is O=c1ccn(-c2cccc(Cl)c2)c(=S)[nH]1. The first kappa shape index (κ1) is 10.1. The number of nitrogens with one attached hydrogen (secondary N) is 1. The van der Waals surface area contributed by atoms with Crippen molar-refractivity contribution in [2.45, 2.75) is 0 Å². The molecule has 2 aromatic rings. The van der Waals surface area contributed by atoms with Crippen LogP contribution in [0.5, 0.6) is 0 Å². The summed E-state index contributed by atoms with van der Waals surface area (Å²) < 4.78 is 2.03. The van der Waals surface area contributed by atoms with Crippen LogP contribution in [0.25, 0.3) is 5.69 Å². The first-order valence-corrected chi connectivity index (χ1v) is 5.03. The summed E-state index contributed by atoms with van der Waals surface area (Å²) in [5, 5.41) is 0.626. The highest BCUT2D eigenvalue weighted by molar-refractivity contribution is 7.71. The second kappa shape index (κ2) is 4.00. The molecule has 15 heavy (non-hydrogen) atoms. The fraction of sp³-hybridized carbons (Fsp3) is 0. The van der Waals surface area contributed by atoms with E-state index >= 15 is 0 Å². The van der Waals surface area contributed by atoms with Crippen LogP contribution < -0.4 is 5.56 Å². The Morgan fingerprint density at radius 2 is 2.13 bits per heavy atom. The lowest BCUT2D eigenvalue weighted by Crippen LogP contribution is -2.09. The van der Waals surface area contributed by atoms with Gasteiger partial charge in [0.25, 0.3) is 5.56 Å². The standard InChI is InChI=1S/C10H7ClN2OS/c11-7-2-1-3-8(6-7)13-5-4-9(14)12-10(13)15/h1-6H,(H,12,14,15). The third-order valence-electron chi connectivity index (χ3n) is 1.91. The number of aromatic amines is 1. The quantitative estimate of drug-likeness (QED) is 0.776. The van der Waals surface area contributed by atoms with Gasteiger partial charge in [0.2, 0.25) is 0 Å². The molecule has 0 saturated carbocycles. The number of benzene rings is 1. The first-order valence-electron chi connectivity index (χ1n) is 4.25. The maximum absolute atomic E-state index is 11.0. The van der Waals surface area contributed by atoms with E-state index in [9.17, 15) is 4.79 Å². The maximum atomic E-state index is 11.0. The molecule has 1 aromatic carbocycles. The van der Waals surface area contributed by atoms with E-state index in [0.717, 1.165) is 5.69 Å². The van der Waals surface area contributed by atoms with Gasteiger partial charge in [0, 0.05) is 23.0 Å². The average molecular weight is 239 g/mol. The van der Waals surface area contributed by atoms with Gasteiger partial charge in [-0.2, -0.15) is 0 Å². The molecule has 1 N–H and O–H groups in total. The van der Waals surface area contributed by atoms with E-state index < -0.39 is 0 Å². The summed E-state index contributed by atoms with van der Waals surface area (Å²) in [6.45, 7) is 0. The zero-order valence-corrected chi connectivity index (χ0v) is 9.18. The molecule has 0 aliphatic carbocycles. The van der Waals surface area contributed by atoms with E-state index in [1.807, 2.05) is 12.1 Å². The summed E-state index contributed by atoms with van der Waals surface area (Å²) in [6.07, 6.45) is 1.62. The number of hydrogen-bond donors (Lipinski definition) is 1. The van der Waals surface area contributed by atoms with Crippen molar-refractivity contribution >= 4 is 23.8 Å². The van der Waals surface area contributed by atoms with Gasteiger partial charge in [-0.15, -0.1) is 0 Å². The lowest BCUT2D eigenvalue weighted by molar-refractivity contribution is 0.937. The van der Waals surface area contributed by atoms with Gasteiger partial charge in [-0.1, -0.05) is 17.7 Å². The molecule has 76 valence electrons. The minimum atomic E-state index is -0.210. The molecule has 0 fully saturated rings. The molecule has 5 heteroatoms. The fourth-order valence-electron chi connectivity index (χ4n) is 1.25. The Kier molecular flexibility index (Phi) is 2.70. The van der Waals surface area contributed by atoms with Gasteiger partial charge < -0.3 is 0 Å². The molecule has 0 bridgehead atoms. The van der Waals surface area contributed by atoms with Crippen LogP contribution in [-0.2, 0) is 0 Å². The van der Waals surface area contributed by atoms with Gasteiger partial charge in [0.15, 0.2) is 4.77 Å². The Morgan fingerprint density at radius 1 is 1.33 bits per heavy atom. The number of hydrogen-bond acceptors (Lipinski definition) is 2. The highest BCUT2D eigenvalue weighted by Crippen LogP contribution is 2.13. The third kappa shape index (κ3) is 2.16. The van der Waals surface area contributed by atoms with Gasteiger partial charge in [-0.3, -0.25) is 14.3 Å². The smallest absolute Gasteiger partial charge is 0.251 e. The van der Waals surface area contributed by atoms with Crippen molar-refractivity contribution < 1.29 is 0 Å². The summed E-state index contributed by atoms with van der Waals surface area (Å²) in [6, 6.07) is 8.65. The fourth-order valence-corrected chi connectivity index (χ4v) is 1.70. The van der Waals surface area contributed by atoms with Crippen LogP contribution in [0.15, 0.2) is 41.3 Å². The van der Waals surface area contributed by atoms with Gasteiger partial charge in [-0.25, -0.2) is 0 Å². The van der Waals surface area contributed by atoms with E-state index in [1.54, 1.807) is 22.9 Å². The van der Waals surface area contributed by atoms with Crippen molar-refractivity contribution in [1.82, 2.24) is 9.55 Å². The minimum absolute atomic E-state index is 0.210. The maximum Gasteiger partial charge on any atom is 0.251 e. The molecule has 0 saturated heterocycles. The van der Waals surface area contributed by atoms with Gasteiger partial charge in [0.1, 0.15) is 0 Å². The van der Waals surface area contributed by atoms with Gasteiger partial charge >= 0.3 is 0 Å². The molecule has 0 radical (unpaired) electrons. The summed E-state index contributed by atoms with van der Waals surface area (Å²) in [5.41, 5.74) is 0.613. The van der Waals surface area contributed by atoms with Crippen LogP contribution in [0.3, 0.4) is 0 Å². The first-order chi connectivity index (χ1) is 7.16. The Morgan fingerprint density at radius 3 is 2.80 bits per heavy atom. The molecule has 3 nitrogen and oxygen atoms in total. The number of rotatable bonds is 1. The minimum Gasteiger partial charge on any atom is -0.299 e. The molecule has 0 aliphatic rings. The van der Waals surface area contributed by atoms with Crippen LogP contribution in [0, 0.1) is 4.77 Å². The van der Waals surface area contributed by atoms with Crippen LogP contribution in [0.1, 0.15) is 0 Å². The molecular weight excluding hydrogens is 232 g/mol. The van der Waals surface area contributed by atoms with E-state index in [2.05, 4.69) is 4.98 Å². The van der Waals surface area contributed by atoms with Crippen LogP contribution in [0.4, 0.5) is 0 Å². The zero-order chi connectivity index (χ0) is 10.8. The summed E-state index contributed by atoms with van der Waals surface area (Å²) in [4.78, 5) is 13.5. The Bertz CT molecular complexity index is 603. The van der Waals surface area contributed by atoms with Crippen molar-refractivity contribution in [3.8, 4) is 5.69 Å². The van der Waals surface area contributed by atoms with E-state index in [4.69, 9.17) is 23.8 Å². The molecule has 0 unspecified atom stereocenters. The molecule has 0 aliphatic heterocycles. The molecule has 2 rings (SSSR count). The second-order valence-electron chi connectivity index (χ2n) is 2.96. The highest BCUT2D eigenvalue weighted by Gasteiger charge is 1.97. The van der Waals surface area contributed by atoms with Gasteiger partial charge in [0.05, 0.1) is 0 Å². The average Bonchev–Trinajstić information content (AvgIpc) is 2.17. The summed E-state index contributed by atoms with van der Waals surface area (Å²) in [5.74, 6) is 0.